The second-order valence-corrected chi connectivity index (χ2v) is 6.73. The molecule has 23 heavy (non-hydrogen) atoms. The highest BCUT2D eigenvalue weighted by atomic mass is 32.1. The fourth-order valence-corrected chi connectivity index (χ4v) is 4.09. The van der Waals surface area contributed by atoms with E-state index in [0.29, 0.717) is 19.0 Å². The maximum absolute atomic E-state index is 12.7. The van der Waals surface area contributed by atoms with Gasteiger partial charge in [0, 0.05) is 18.8 Å². The van der Waals surface area contributed by atoms with Crippen molar-refractivity contribution in [3.63, 3.8) is 0 Å². The molecule has 1 saturated carbocycles. The zero-order valence-electron chi connectivity index (χ0n) is 12.6. The number of fused-ring (bicyclic) bond motifs is 1. The summed E-state index contributed by atoms with van der Waals surface area (Å²) in [5, 5.41) is 1.94. The molecule has 2 aliphatic rings. The van der Waals surface area contributed by atoms with Gasteiger partial charge in [-0.1, -0.05) is 12.1 Å². The van der Waals surface area contributed by atoms with Gasteiger partial charge in [-0.05, 0) is 30.4 Å². The van der Waals surface area contributed by atoms with Crippen molar-refractivity contribution in [3.8, 4) is 5.88 Å². The van der Waals surface area contributed by atoms with Crippen LogP contribution in [0.15, 0.2) is 41.9 Å². The van der Waals surface area contributed by atoms with Crippen LogP contribution in [0, 0.1) is 0 Å². The molecule has 3 heterocycles. The number of hydrogen-bond donors (Lipinski definition) is 0. The Labute approximate surface area is 138 Å². The summed E-state index contributed by atoms with van der Waals surface area (Å²) in [6, 6.07) is 9.51. The van der Waals surface area contributed by atoms with Crippen LogP contribution in [0.1, 0.15) is 22.5 Å². The maximum atomic E-state index is 12.7. The van der Waals surface area contributed by atoms with Gasteiger partial charge in [0.2, 0.25) is 5.88 Å². The Kier molecular flexibility index (Phi) is 4.01. The Bertz CT molecular complexity index is 662. The number of thiophene rings is 1. The van der Waals surface area contributed by atoms with Gasteiger partial charge in [0.05, 0.1) is 17.5 Å². The van der Waals surface area contributed by atoms with Gasteiger partial charge in [-0.2, -0.15) is 0 Å². The number of ether oxygens (including phenoxy) is 2. The highest BCUT2D eigenvalue weighted by molar-refractivity contribution is 7.12. The molecule has 120 valence electrons. The van der Waals surface area contributed by atoms with E-state index in [-0.39, 0.29) is 24.2 Å². The van der Waals surface area contributed by atoms with Crippen LogP contribution in [0.3, 0.4) is 0 Å². The van der Waals surface area contributed by atoms with Crippen LogP contribution < -0.4 is 4.74 Å². The third-order valence-electron chi connectivity index (χ3n) is 4.44. The van der Waals surface area contributed by atoms with E-state index in [1.807, 2.05) is 40.6 Å². The first kappa shape index (κ1) is 14.7. The van der Waals surface area contributed by atoms with Crippen LogP contribution in [0.25, 0.3) is 0 Å². The molecule has 1 saturated heterocycles. The molecule has 2 fully saturated rings. The lowest BCUT2D eigenvalue weighted by Crippen LogP contribution is -2.54. The molecule has 2 aromatic rings. The Morgan fingerprint density at radius 1 is 1.30 bits per heavy atom. The first-order chi connectivity index (χ1) is 11.3. The molecule has 0 N–H and O–H groups in total. The van der Waals surface area contributed by atoms with Crippen LogP contribution in [-0.4, -0.2) is 47.2 Å². The second-order valence-electron chi connectivity index (χ2n) is 5.78. The molecule has 0 spiro atoms. The van der Waals surface area contributed by atoms with Gasteiger partial charge in [0.15, 0.2) is 0 Å². The number of carbonyl (C=O) groups excluding carboxylic acids is 1. The Hall–Kier alpha value is -1.92. The van der Waals surface area contributed by atoms with E-state index >= 15 is 0 Å². The van der Waals surface area contributed by atoms with Gasteiger partial charge in [-0.3, -0.25) is 4.79 Å². The van der Waals surface area contributed by atoms with Gasteiger partial charge < -0.3 is 14.4 Å². The normalized spacial score (nSPS) is 26.8. The average molecular weight is 330 g/mol. The summed E-state index contributed by atoms with van der Waals surface area (Å²) < 4.78 is 11.9. The second kappa shape index (κ2) is 6.29. The third-order valence-corrected chi connectivity index (χ3v) is 5.30. The summed E-state index contributed by atoms with van der Waals surface area (Å²) in [6.07, 6.45) is 3.37. The molecule has 0 radical (unpaired) electrons. The highest BCUT2D eigenvalue weighted by Crippen LogP contribution is 2.33. The molecular formula is C17H18N2O3S. The highest BCUT2D eigenvalue weighted by Gasteiger charge is 2.46. The van der Waals surface area contributed by atoms with E-state index in [0.717, 1.165) is 17.7 Å². The monoisotopic (exact) mass is 330 g/mol. The maximum Gasteiger partial charge on any atom is 0.264 e. The minimum Gasteiger partial charge on any atom is -0.471 e. The Morgan fingerprint density at radius 3 is 3.04 bits per heavy atom. The lowest BCUT2D eigenvalue weighted by Gasteiger charge is -2.38. The van der Waals surface area contributed by atoms with E-state index in [2.05, 4.69) is 4.98 Å². The fraction of sp³-hybridized carbons (Fsp3) is 0.412. The number of morpholine rings is 1. The summed E-state index contributed by atoms with van der Waals surface area (Å²) in [5.74, 6) is 0.722. The van der Waals surface area contributed by atoms with E-state index in [1.165, 1.54) is 11.3 Å². The van der Waals surface area contributed by atoms with Crippen molar-refractivity contribution in [2.45, 2.75) is 31.1 Å². The number of pyridine rings is 1. The van der Waals surface area contributed by atoms with E-state index in [1.54, 1.807) is 6.20 Å². The molecule has 0 aromatic carbocycles. The van der Waals surface area contributed by atoms with Crippen molar-refractivity contribution >= 4 is 17.2 Å². The van der Waals surface area contributed by atoms with Crippen molar-refractivity contribution in [2.24, 2.45) is 0 Å². The molecule has 6 heteroatoms. The lowest BCUT2D eigenvalue weighted by molar-refractivity contribution is -0.0792. The number of carbonyl (C=O) groups is 1. The number of amides is 1. The zero-order chi connectivity index (χ0) is 15.6. The van der Waals surface area contributed by atoms with Crippen LogP contribution in [0.5, 0.6) is 5.88 Å². The quantitative estimate of drug-likeness (QED) is 0.868. The van der Waals surface area contributed by atoms with E-state index < -0.39 is 0 Å². The smallest absolute Gasteiger partial charge is 0.264 e. The minimum absolute atomic E-state index is 0.0474. The van der Waals surface area contributed by atoms with Crippen LogP contribution in [0.4, 0.5) is 0 Å². The standard InChI is InChI=1S/C17H18N2O3S/c20-17(14-4-3-11-23-14)19-9-10-21-16-12(19)6-7-13(16)22-15-5-1-2-8-18-15/h1-5,8,11-13,16H,6-7,9-10H2/t12-,13-,16+/m1/s1. The van der Waals surface area contributed by atoms with Crippen molar-refractivity contribution in [1.82, 2.24) is 9.88 Å². The van der Waals surface area contributed by atoms with Crippen LogP contribution in [0.2, 0.25) is 0 Å². The van der Waals surface area contributed by atoms with Crippen molar-refractivity contribution in [1.29, 1.82) is 0 Å². The van der Waals surface area contributed by atoms with E-state index in [9.17, 15) is 4.79 Å². The molecule has 0 unspecified atom stereocenters. The summed E-state index contributed by atoms with van der Waals surface area (Å²) in [7, 11) is 0. The summed E-state index contributed by atoms with van der Waals surface area (Å²) in [6.45, 7) is 1.20. The number of rotatable bonds is 3. The molecule has 3 atom stereocenters. The molecule has 4 rings (SSSR count). The number of aromatic nitrogens is 1. The molecule has 1 aliphatic carbocycles. The topological polar surface area (TPSA) is 51.7 Å². The predicted octanol–water partition coefficient (Wildman–Crippen LogP) is 2.59. The third kappa shape index (κ3) is 2.84. The molecule has 1 aliphatic heterocycles. The van der Waals surface area contributed by atoms with Gasteiger partial charge >= 0.3 is 0 Å². The predicted molar refractivity (Wildman–Crippen MR) is 86.8 cm³/mol. The van der Waals surface area contributed by atoms with Gasteiger partial charge in [0.25, 0.3) is 5.91 Å². The Morgan fingerprint density at radius 2 is 2.26 bits per heavy atom. The molecular weight excluding hydrogens is 312 g/mol. The van der Waals surface area contributed by atoms with Gasteiger partial charge in [0.1, 0.15) is 12.2 Å². The average Bonchev–Trinajstić information content (AvgIpc) is 3.25. The van der Waals surface area contributed by atoms with Gasteiger partial charge in [-0.25, -0.2) is 4.98 Å². The number of nitrogens with zero attached hydrogens (tertiary/aromatic N) is 2. The van der Waals surface area contributed by atoms with Crippen molar-refractivity contribution < 1.29 is 14.3 Å². The van der Waals surface area contributed by atoms with Gasteiger partial charge in [-0.15, -0.1) is 11.3 Å². The first-order valence-electron chi connectivity index (χ1n) is 7.87. The minimum atomic E-state index is -0.0744. The zero-order valence-corrected chi connectivity index (χ0v) is 13.4. The number of hydrogen-bond acceptors (Lipinski definition) is 5. The Balaban J connectivity index is 1.49. The molecule has 5 nitrogen and oxygen atoms in total. The summed E-state index contributed by atoms with van der Waals surface area (Å²) in [5.41, 5.74) is 0. The molecule has 1 amide bonds. The van der Waals surface area contributed by atoms with Crippen LogP contribution >= 0.6 is 11.3 Å². The first-order valence-corrected chi connectivity index (χ1v) is 8.74. The summed E-state index contributed by atoms with van der Waals surface area (Å²) >= 11 is 1.49. The molecule has 0 bridgehead atoms. The van der Waals surface area contributed by atoms with Crippen molar-refractivity contribution in [3.05, 3.63) is 46.8 Å². The van der Waals surface area contributed by atoms with Crippen molar-refractivity contribution in [2.75, 3.05) is 13.2 Å². The lowest BCUT2D eigenvalue weighted by atomic mass is 10.1. The summed E-state index contributed by atoms with van der Waals surface area (Å²) in [4.78, 5) is 19.7. The van der Waals surface area contributed by atoms with E-state index in [4.69, 9.17) is 9.47 Å². The largest absolute Gasteiger partial charge is 0.471 e. The van der Waals surface area contributed by atoms with Crippen LogP contribution in [-0.2, 0) is 4.74 Å². The SMILES string of the molecule is O=C(c1cccs1)N1CCO[C@H]2[C@H]1CC[C@H]2Oc1ccccn1. The fourth-order valence-electron chi connectivity index (χ4n) is 3.41. The molecule has 2 aromatic heterocycles.